The largest absolute Gasteiger partial charge is 0.452 e. The lowest BCUT2D eigenvalue weighted by atomic mass is 9.96. The van der Waals surface area contributed by atoms with E-state index in [1.165, 1.54) is 12.1 Å². The van der Waals surface area contributed by atoms with Gasteiger partial charge in [0.05, 0.1) is 5.56 Å². The number of nitrogens with one attached hydrogen (secondary N) is 2. The molecular weight excluding hydrogens is 383 g/mol. The number of rotatable bonds is 4. The Hall–Kier alpha value is -1.96. The first-order valence-electron chi connectivity index (χ1n) is 7.68. The van der Waals surface area contributed by atoms with E-state index in [1.54, 1.807) is 0 Å². The molecule has 2 rings (SSSR count). The second kappa shape index (κ2) is 8.77. The van der Waals surface area contributed by atoms with Crippen molar-refractivity contribution in [1.29, 1.82) is 0 Å². The second-order valence-corrected chi connectivity index (χ2v) is 6.47. The predicted molar refractivity (Wildman–Crippen MR) is 87.9 cm³/mol. The van der Waals surface area contributed by atoms with Gasteiger partial charge in [0.1, 0.15) is 5.82 Å². The van der Waals surface area contributed by atoms with Crippen LogP contribution in [0, 0.1) is 5.82 Å². The number of amides is 3. The molecule has 0 aromatic heterocycles. The molecule has 1 fully saturated rings. The van der Waals surface area contributed by atoms with Crippen molar-refractivity contribution in [3.63, 3.8) is 0 Å². The Morgan fingerprint density at radius 2 is 1.92 bits per heavy atom. The summed E-state index contributed by atoms with van der Waals surface area (Å²) in [6.07, 6.45) is 5.03. The van der Waals surface area contributed by atoms with Crippen molar-refractivity contribution in [2.45, 2.75) is 38.1 Å². The zero-order valence-electron chi connectivity index (χ0n) is 12.9. The van der Waals surface area contributed by atoms with E-state index in [-0.39, 0.29) is 11.6 Å². The summed E-state index contributed by atoms with van der Waals surface area (Å²) in [6, 6.07) is 3.25. The molecule has 0 aliphatic heterocycles. The van der Waals surface area contributed by atoms with Crippen molar-refractivity contribution in [2.24, 2.45) is 0 Å². The lowest BCUT2D eigenvalue weighted by Crippen LogP contribution is -2.46. The fourth-order valence-corrected chi connectivity index (χ4v) is 2.85. The summed E-state index contributed by atoms with van der Waals surface area (Å²) in [7, 11) is 0. The topological polar surface area (TPSA) is 84.5 Å². The molecule has 1 aliphatic carbocycles. The van der Waals surface area contributed by atoms with E-state index >= 15 is 0 Å². The van der Waals surface area contributed by atoms with Crippen LogP contribution >= 0.6 is 15.9 Å². The maximum atomic E-state index is 13.5. The molecule has 1 aliphatic rings. The average Bonchev–Trinajstić information content (AvgIpc) is 2.55. The summed E-state index contributed by atoms with van der Waals surface area (Å²) < 4.78 is 18.8. The van der Waals surface area contributed by atoms with Crippen LogP contribution in [0.5, 0.6) is 0 Å². The van der Waals surface area contributed by atoms with Crippen LogP contribution in [-0.4, -0.2) is 30.6 Å². The fraction of sp³-hybridized carbons (Fsp3) is 0.438. The molecule has 8 heteroatoms. The standard InChI is InChI=1S/C16H18BrFN2O4/c17-10-6-7-13(18)12(8-10)15(22)24-9-14(21)20-16(23)19-11-4-2-1-3-5-11/h6-8,11H,1-5,9H2,(H2,19,20,21,23). The van der Waals surface area contributed by atoms with Crippen LogP contribution in [0.4, 0.5) is 9.18 Å². The Balaban J connectivity index is 1.76. The lowest BCUT2D eigenvalue weighted by molar-refractivity contribution is -0.123. The quantitative estimate of drug-likeness (QED) is 0.760. The molecule has 1 aromatic rings. The number of halogens is 2. The molecule has 0 spiro atoms. The lowest BCUT2D eigenvalue weighted by Gasteiger charge is -2.22. The highest BCUT2D eigenvalue weighted by atomic mass is 79.9. The minimum Gasteiger partial charge on any atom is -0.452 e. The van der Waals surface area contributed by atoms with E-state index in [0.717, 1.165) is 38.2 Å². The molecule has 0 heterocycles. The van der Waals surface area contributed by atoms with Crippen LogP contribution < -0.4 is 10.6 Å². The Bertz CT molecular complexity index is 633. The van der Waals surface area contributed by atoms with E-state index < -0.39 is 30.3 Å². The van der Waals surface area contributed by atoms with E-state index in [4.69, 9.17) is 4.74 Å². The molecule has 0 radical (unpaired) electrons. The third-order valence-corrected chi connectivity index (χ3v) is 4.17. The first-order valence-corrected chi connectivity index (χ1v) is 8.47. The number of hydrogen-bond donors (Lipinski definition) is 2. The first kappa shape index (κ1) is 18.4. The Labute approximate surface area is 147 Å². The number of urea groups is 1. The van der Waals surface area contributed by atoms with Crippen molar-refractivity contribution in [3.05, 3.63) is 34.1 Å². The molecule has 0 atom stereocenters. The fourth-order valence-electron chi connectivity index (χ4n) is 2.49. The zero-order chi connectivity index (χ0) is 17.5. The molecular formula is C16H18BrFN2O4. The van der Waals surface area contributed by atoms with Crippen molar-refractivity contribution in [3.8, 4) is 0 Å². The summed E-state index contributed by atoms with van der Waals surface area (Å²) in [6.45, 7) is -0.664. The van der Waals surface area contributed by atoms with Crippen LogP contribution in [0.2, 0.25) is 0 Å². The van der Waals surface area contributed by atoms with Crippen molar-refractivity contribution in [2.75, 3.05) is 6.61 Å². The molecule has 1 saturated carbocycles. The average molecular weight is 401 g/mol. The molecule has 2 N–H and O–H groups in total. The first-order chi connectivity index (χ1) is 11.5. The highest BCUT2D eigenvalue weighted by molar-refractivity contribution is 9.10. The number of imide groups is 1. The zero-order valence-corrected chi connectivity index (χ0v) is 14.5. The minimum absolute atomic E-state index is 0.0601. The van der Waals surface area contributed by atoms with E-state index in [1.807, 2.05) is 0 Å². The number of benzene rings is 1. The van der Waals surface area contributed by atoms with Crippen LogP contribution in [0.1, 0.15) is 42.5 Å². The van der Waals surface area contributed by atoms with Crippen molar-refractivity contribution < 1.29 is 23.5 Å². The highest BCUT2D eigenvalue weighted by Gasteiger charge is 2.19. The minimum atomic E-state index is -0.975. The second-order valence-electron chi connectivity index (χ2n) is 5.56. The molecule has 3 amide bonds. The number of carbonyl (C=O) groups is 3. The van der Waals surface area contributed by atoms with Gasteiger partial charge in [0, 0.05) is 10.5 Å². The highest BCUT2D eigenvalue weighted by Crippen LogP contribution is 2.17. The van der Waals surface area contributed by atoms with Gasteiger partial charge in [-0.1, -0.05) is 35.2 Å². The summed E-state index contributed by atoms with van der Waals surface area (Å²) in [5, 5.41) is 4.80. The third-order valence-electron chi connectivity index (χ3n) is 3.68. The number of ether oxygens (including phenoxy) is 1. The maximum Gasteiger partial charge on any atom is 0.341 e. The Morgan fingerprint density at radius 3 is 2.62 bits per heavy atom. The van der Waals surface area contributed by atoms with Gasteiger partial charge in [-0.15, -0.1) is 0 Å². The van der Waals surface area contributed by atoms with Gasteiger partial charge in [-0.25, -0.2) is 14.0 Å². The van der Waals surface area contributed by atoms with Gasteiger partial charge in [-0.2, -0.15) is 0 Å². The monoisotopic (exact) mass is 400 g/mol. The van der Waals surface area contributed by atoms with Crippen LogP contribution in [-0.2, 0) is 9.53 Å². The van der Waals surface area contributed by atoms with Gasteiger partial charge < -0.3 is 10.1 Å². The normalized spacial score (nSPS) is 14.8. The van der Waals surface area contributed by atoms with Crippen LogP contribution in [0.3, 0.4) is 0 Å². The van der Waals surface area contributed by atoms with Gasteiger partial charge in [0.2, 0.25) is 0 Å². The maximum absolute atomic E-state index is 13.5. The molecule has 1 aromatic carbocycles. The molecule has 24 heavy (non-hydrogen) atoms. The van der Waals surface area contributed by atoms with Crippen LogP contribution in [0.15, 0.2) is 22.7 Å². The summed E-state index contributed by atoms with van der Waals surface area (Å²) >= 11 is 3.12. The smallest absolute Gasteiger partial charge is 0.341 e. The van der Waals surface area contributed by atoms with Crippen LogP contribution in [0.25, 0.3) is 0 Å². The van der Waals surface area contributed by atoms with E-state index in [9.17, 15) is 18.8 Å². The summed E-state index contributed by atoms with van der Waals surface area (Å²) in [4.78, 5) is 35.1. The van der Waals surface area contributed by atoms with E-state index in [2.05, 4.69) is 26.6 Å². The molecule has 0 saturated heterocycles. The number of esters is 1. The Kier molecular flexibility index (Phi) is 6.72. The molecule has 0 unspecified atom stereocenters. The molecule has 6 nitrogen and oxygen atoms in total. The van der Waals surface area contributed by atoms with Gasteiger partial charge in [-0.3, -0.25) is 10.1 Å². The summed E-state index contributed by atoms with van der Waals surface area (Å²) in [5.41, 5.74) is -0.288. The molecule has 0 bridgehead atoms. The predicted octanol–water partition coefficient (Wildman–Crippen LogP) is 2.90. The van der Waals surface area contributed by atoms with Gasteiger partial charge in [0.15, 0.2) is 6.61 Å². The SMILES string of the molecule is O=C(COC(=O)c1cc(Br)ccc1F)NC(=O)NC1CCCCC1. The van der Waals surface area contributed by atoms with E-state index in [0.29, 0.717) is 4.47 Å². The van der Waals surface area contributed by atoms with Crippen molar-refractivity contribution >= 4 is 33.8 Å². The van der Waals surface area contributed by atoms with Gasteiger partial charge >= 0.3 is 12.0 Å². The Morgan fingerprint density at radius 1 is 1.21 bits per heavy atom. The summed E-state index contributed by atoms with van der Waals surface area (Å²) in [5.74, 6) is -2.50. The number of carbonyl (C=O) groups excluding carboxylic acids is 3. The number of hydrogen-bond acceptors (Lipinski definition) is 4. The van der Waals surface area contributed by atoms with Gasteiger partial charge in [-0.05, 0) is 31.0 Å². The van der Waals surface area contributed by atoms with Gasteiger partial charge in [0.25, 0.3) is 5.91 Å². The third kappa shape index (κ3) is 5.59. The molecule has 130 valence electrons. The van der Waals surface area contributed by atoms with Crippen molar-refractivity contribution in [1.82, 2.24) is 10.6 Å².